The SMILES string of the molecule is O=[C]c1cccc(NCc2ccccc2)c1. The van der Waals surface area contributed by atoms with Crippen LogP contribution < -0.4 is 5.32 Å². The van der Waals surface area contributed by atoms with Gasteiger partial charge in [0.25, 0.3) is 0 Å². The van der Waals surface area contributed by atoms with E-state index < -0.39 is 0 Å². The average Bonchev–Trinajstić information content (AvgIpc) is 2.38. The molecule has 79 valence electrons. The van der Waals surface area contributed by atoms with E-state index in [-0.39, 0.29) is 0 Å². The maximum absolute atomic E-state index is 10.5. The fourth-order valence-corrected chi connectivity index (χ4v) is 1.49. The van der Waals surface area contributed by atoms with Crippen LogP contribution in [0.1, 0.15) is 11.1 Å². The lowest BCUT2D eigenvalue weighted by atomic mass is 10.2. The molecule has 0 heterocycles. The highest BCUT2D eigenvalue weighted by Gasteiger charge is 1.95. The van der Waals surface area contributed by atoms with Crippen molar-refractivity contribution in [3.8, 4) is 0 Å². The minimum atomic E-state index is 0.568. The van der Waals surface area contributed by atoms with Crippen LogP contribution in [0, 0.1) is 0 Å². The summed E-state index contributed by atoms with van der Waals surface area (Å²) in [5.41, 5.74) is 2.71. The lowest BCUT2D eigenvalue weighted by Gasteiger charge is -2.06. The second-order valence-corrected chi connectivity index (χ2v) is 3.52. The van der Waals surface area contributed by atoms with Crippen molar-refractivity contribution < 1.29 is 4.79 Å². The first-order valence-corrected chi connectivity index (χ1v) is 5.14. The molecule has 2 heteroatoms. The van der Waals surface area contributed by atoms with E-state index in [1.165, 1.54) is 5.56 Å². The molecule has 0 saturated heterocycles. The third-order valence-electron chi connectivity index (χ3n) is 2.32. The van der Waals surface area contributed by atoms with E-state index in [0.29, 0.717) is 5.56 Å². The predicted octanol–water partition coefficient (Wildman–Crippen LogP) is 2.76. The number of hydrogen-bond donors (Lipinski definition) is 1. The summed E-state index contributed by atoms with van der Waals surface area (Å²) in [6.45, 7) is 0.753. The molecule has 0 saturated carbocycles. The molecule has 0 bridgehead atoms. The molecule has 0 aromatic heterocycles. The molecule has 1 radical (unpaired) electrons. The Morgan fingerprint density at radius 1 is 1.00 bits per heavy atom. The van der Waals surface area contributed by atoms with Gasteiger partial charge in [0.15, 0.2) is 0 Å². The minimum Gasteiger partial charge on any atom is -0.381 e. The van der Waals surface area contributed by atoms with Gasteiger partial charge in [-0.3, -0.25) is 4.79 Å². The number of anilines is 1. The van der Waals surface area contributed by atoms with Crippen molar-refractivity contribution in [3.05, 3.63) is 65.7 Å². The minimum absolute atomic E-state index is 0.568. The van der Waals surface area contributed by atoms with Gasteiger partial charge in [-0.05, 0) is 17.7 Å². The third-order valence-corrected chi connectivity index (χ3v) is 2.32. The van der Waals surface area contributed by atoms with Gasteiger partial charge in [-0.2, -0.15) is 0 Å². The van der Waals surface area contributed by atoms with E-state index in [0.717, 1.165) is 12.2 Å². The van der Waals surface area contributed by atoms with Crippen molar-refractivity contribution in [2.24, 2.45) is 0 Å². The monoisotopic (exact) mass is 210 g/mol. The highest BCUT2D eigenvalue weighted by atomic mass is 16.1. The number of hydrogen-bond acceptors (Lipinski definition) is 2. The zero-order valence-corrected chi connectivity index (χ0v) is 8.81. The predicted molar refractivity (Wildman–Crippen MR) is 65.0 cm³/mol. The van der Waals surface area contributed by atoms with E-state index in [1.54, 1.807) is 12.1 Å². The van der Waals surface area contributed by atoms with Gasteiger partial charge in [0.1, 0.15) is 0 Å². The second-order valence-electron chi connectivity index (χ2n) is 3.52. The van der Waals surface area contributed by atoms with Gasteiger partial charge in [-0.1, -0.05) is 42.5 Å². The standard InChI is InChI=1S/C14H12NO/c16-11-13-7-4-8-14(9-13)15-10-12-5-2-1-3-6-12/h1-9,15H,10H2. The molecular formula is C14H12NO. The van der Waals surface area contributed by atoms with E-state index in [2.05, 4.69) is 17.4 Å². The first-order valence-electron chi connectivity index (χ1n) is 5.14. The van der Waals surface area contributed by atoms with Crippen LogP contribution in [0.2, 0.25) is 0 Å². The molecule has 2 rings (SSSR count). The van der Waals surface area contributed by atoms with Crippen LogP contribution in [0.5, 0.6) is 0 Å². The molecule has 2 nitrogen and oxygen atoms in total. The summed E-state index contributed by atoms with van der Waals surface area (Å²) < 4.78 is 0. The second kappa shape index (κ2) is 5.12. The molecule has 0 aliphatic heterocycles. The van der Waals surface area contributed by atoms with Crippen molar-refractivity contribution >= 4 is 12.0 Å². The zero-order chi connectivity index (χ0) is 11.2. The van der Waals surface area contributed by atoms with E-state index >= 15 is 0 Å². The lowest BCUT2D eigenvalue weighted by molar-refractivity contribution is 0.563. The Labute approximate surface area is 94.9 Å². The summed E-state index contributed by atoms with van der Waals surface area (Å²) in [5, 5.41) is 3.26. The van der Waals surface area contributed by atoms with Gasteiger partial charge in [-0.15, -0.1) is 0 Å². The number of benzene rings is 2. The summed E-state index contributed by atoms with van der Waals surface area (Å²) in [7, 11) is 0. The highest BCUT2D eigenvalue weighted by Crippen LogP contribution is 2.10. The molecular weight excluding hydrogens is 198 g/mol. The van der Waals surface area contributed by atoms with Crippen molar-refractivity contribution in [2.45, 2.75) is 6.54 Å². The Morgan fingerprint density at radius 2 is 1.81 bits per heavy atom. The van der Waals surface area contributed by atoms with Crippen LogP contribution in [0.15, 0.2) is 54.6 Å². The van der Waals surface area contributed by atoms with Crippen molar-refractivity contribution in [1.29, 1.82) is 0 Å². The van der Waals surface area contributed by atoms with Crippen LogP contribution in [0.4, 0.5) is 5.69 Å². The largest absolute Gasteiger partial charge is 0.381 e. The Bertz CT molecular complexity index is 465. The van der Waals surface area contributed by atoms with Crippen molar-refractivity contribution in [3.63, 3.8) is 0 Å². The molecule has 1 N–H and O–H groups in total. The molecule has 0 aliphatic carbocycles. The van der Waals surface area contributed by atoms with Crippen molar-refractivity contribution in [2.75, 3.05) is 5.32 Å². The van der Waals surface area contributed by atoms with Gasteiger partial charge in [-0.25, -0.2) is 0 Å². The Kier molecular flexibility index (Phi) is 3.34. The van der Waals surface area contributed by atoms with Gasteiger partial charge >= 0.3 is 0 Å². The normalized spacial score (nSPS) is 9.75. The molecule has 2 aromatic carbocycles. The smallest absolute Gasteiger partial charge is 0.233 e. The van der Waals surface area contributed by atoms with E-state index in [4.69, 9.17) is 0 Å². The van der Waals surface area contributed by atoms with Gasteiger partial charge in [0, 0.05) is 17.8 Å². The summed E-state index contributed by atoms with van der Waals surface area (Å²) in [4.78, 5) is 10.5. The van der Waals surface area contributed by atoms with Gasteiger partial charge < -0.3 is 5.32 Å². The van der Waals surface area contributed by atoms with Crippen LogP contribution >= 0.6 is 0 Å². The first-order chi connectivity index (χ1) is 7.88. The number of rotatable bonds is 4. The molecule has 2 aromatic rings. The Morgan fingerprint density at radius 3 is 2.56 bits per heavy atom. The molecule has 0 aliphatic rings. The first kappa shape index (κ1) is 10.4. The molecule has 0 atom stereocenters. The van der Waals surface area contributed by atoms with Crippen molar-refractivity contribution in [1.82, 2.24) is 0 Å². The summed E-state index contributed by atoms with van der Waals surface area (Å²) >= 11 is 0. The fraction of sp³-hybridized carbons (Fsp3) is 0.0714. The number of nitrogens with one attached hydrogen (secondary N) is 1. The summed E-state index contributed by atoms with van der Waals surface area (Å²) in [6.07, 6.45) is 1.88. The maximum Gasteiger partial charge on any atom is 0.233 e. The van der Waals surface area contributed by atoms with Gasteiger partial charge in [0.05, 0.1) is 0 Å². The lowest BCUT2D eigenvalue weighted by Crippen LogP contribution is -1.99. The topological polar surface area (TPSA) is 29.1 Å². The molecule has 0 unspecified atom stereocenters. The Hall–Kier alpha value is -2.09. The maximum atomic E-state index is 10.5. The summed E-state index contributed by atoms with van der Waals surface area (Å²) in [6, 6.07) is 17.4. The van der Waals surface area contributed by atoms with Gasteiger partial charge in [0.2, 0.25) is 6.29 Å². The van der Waals surface area contributed by atoms with Crippen LogP contribution in [-0.4, -0.2) is 6.29 Å². The summed E-state index contributed by atoms with van der Waals surface area (Å²) in [5.74, 6) is 0. The number of carbonyl (C=O) groups excluding carboxylic acids is 1. The van der Waals surface area contributed by atoms with Crippen LogP contribution in [0.3, 0.4) is 0 Å². The quantitative estimate of drug-likeness (QED) is 0.840. The van der Waals surface area contributed by atoms with E-state index in [9.17, 15) is 4.79 Å². The van der Waals surface area contributed by atoms with Crippen LogP contribution in [0.25, 0.3) is 0 Å². The van der Waals surface area contributed by atoms with E-state index in [1.807, 2.05) is 36.6 Å². The molecule has 0 spiro atoms. The fourth-order valence-electron chi connectivity index (χ4n) is 1.49. The van der Waals surface area contributed by atoms with Crippen LogP contribution in [-0.2, 0) is 11.3 Å². The molecule has 0 amide bonds. The zero-order valence-electron chi connectivity index (χ0n) is 8.81. The Balaban J connectivity index is 2.02. The molecule has 16 heavy (non-hydrogen) atoms. The third kappa shape index (κ3) is 2.70. The molecule has 0 fully saturated rings. The average molecular weight is 210 g/mol. The highest BCUT2D eigenvalue weighted by molar-refractivity contribution is 5.77.